The van der Waals surface area contributed by atoms with Crippen molar-refractivity contribution in [3.05, 3.63) is 62.9 Å². The Balaban J connectivity index is 1.60. The summed E-state index contributed by atoms with van der Waals surface area (Å²) in [6, 6.07) is 8.33. The number of H-pyrrole nitrogens is 1. The Morgan fingerprint density at radius 2 is 2.00 bits per heavy atom. The van der Waals surface area contributed by atoms with Gasteiger partial charge in [0.15, 0.2) is 0 Å². The van der Waals surface area contributed by atoms with Crippen molar-refractivity contribution in [2.45, 2.75) is 45.1 Å². The van der Waals surface area contributed by atoms with Gasteiger partial charge in [0.1, 0.15) is 0 Å². The number of nitrogens with one attached hydrogen (secondary N) is 2. The first-order valence-electron chi connectivity index (χ1n) is 9.93. The number of fused-ring (bicyclic) bond motifs is 1. The molecule has 1 saturated carbocycles. The monoisotopic (exact) mass is 379 g/mol. The predicted molar refractivity (Wildman–Crippen MR) is 110 cm³/mol. The standard InChI is InChI=1S/C21H25N5O2/c1-14(26-20(28)17-10-6-5-9-16(17)13-23-26)18-11-19(27)25-21(24-18)22-12-15-7-3-2-4-8-15/h5-6,9-11,13-15H,2-4,7-8,12H2,1H3,(H2,22,24,25,27). The summed E-state index contributed by atoms with van der Waals surface area (Å²) in [6.45, 7) is 2.63. The molecular weight excluding hydrogens is 354 g/mol. The lowest BCUT2D eigenvalue weighted by Gasteiger charge is -2.22. The van der Waals surface area contributed by atoms with Crippen molar-refractivity contribution in [3.63, 3.8) is 0 Å². The molecular formula is C21H25N5O2. The summed E-state index contributed by atoms with van der Waals surface area (Å²) in [5.41, 5.74) is 0.0843. The van der Waals surface area contributed by atoms with Gasteiger partial charge >= 0.3 is 0 Å². The maximum atomic E-state index is 12.8. The maximum Gasteiger partial charge on any atom is 0.275 e. The van der Waals surface area contributed by atoms with Crippen LogP contribution in [-0.4, -0.2) is 26.3 Å². The van der Waals surface area contributed by atoms with Gasteiger partial charge in [0.25, 0.3) is 11.1 Å². The number of anilines is 1. The fraction of sp³-hybridized carbons (Fsp3) is 0.429. The van der Waals surface area contributed by atoms with Gasteiger partial charge in [0.05, 0.1) is 23.3 Å². The van der Waals surface area contributed by atoms with E-state index in [0.29, 0.717) is 22.9 Å². The van der Waals surface area contributed by atoms with Gasteiger partial charge in [0, 0.05) is 18.0 Å². The Kier molecular flexibility index (Phi) is 5.23. The van der Waals surface area contributed by atoms with Crippen molar-refractivity contribution >= 4 is 16.7 Å². The molecule has 1 aliphatic rings. The lowest BCUT2D eigenvalue weighted by atomic mass is 9.89. The molecule has 28 heavy (non-hydrogen) atoms. The van der Waals surface area contributed by atoms with Crippen LogP contribution in [0.4, 0.5) is 5.95 Å². The van der Waals surface area contributed by atoms with Crippen LogP contribution in [0.15, 0.2) is 46.1 Å². The number of aromatic nitrogens is 4. The molecule has 2 N–H and O–H groups in total. The van der Waals surface area contributed by atoms with Crippen molar-refractivity contribution in [2.24, 2.45) is 5.92 Å². The molecule has 7 heteroatoms. The lowest BCUT2D eigenvalue weighted by Crippen LogP contribution is -2.28. The van der Waals surface area contributed by atoms with Gasteiger partial charge in [-0.2, -0.15) is 5.10 Å². The molecule has 0 radical (unpaired) electrons. The van der Waals surface area contributed by atoms with Gasteiger partial charge in [-0.1, -0.05) is 37.5 Å². The summed E-state index contributed by atoms with van der Waals surface area (Å²) in [5.74, 6) is 1.07. The summed E-state index contributed by atoms with van der Waals surface area (Å²) in [6.07, 6.45) is 7.94. The van der Waals surface area contributed by atoms with Crippen LogP contribution < -0.4 is 16.4 Å². The maximum absolute atomic E-state index is 12.8. The van der Waals surface area contributed by atoms with Crippen LogP contribution in [0.3, 0.4) is 0 Å². The number of aromatic amines is 1. The molecule has 3 aromatic rings. The van der Waals surface area contributed by atoms with Crippen LogP contribution in [0.5, 0.6) is 0 Å². The highest BCUT2D eigenvalue weighted by Crippen LogP contribution is 2.23. The van der Waals surface area contributed by atoms with Gasteiger partial charge < -0.3 is 5.32 Å². The average molecular weight is 379 g/mol. The first-order chi connectivity index (χ1) is 13.6. The minimum atomic E-state index is -0.449. The molecule has 1 aromatic carbocycles. The fourth-order valence-corrected chi connectivity index (χ4v) is 3.91. The number of rotatable bonds is 5. The van der Waals surface area contributed by atoms with Gasteiger partial charge in [-0.15, -0.1) is 0 Å². The smallest absolute Gasteiger partial charge is 0.275 e. The quantitative estimate of drug-likeness (QED) is 0.711. The summed E-state index contributed by atoms with van der Waals surface area (Å²) in [5, 5.41) is 8.96. The molecule has 0 amide bonds. The Morgan fingerprint density at radius 3 is 2.82 bits per heavy atom. The molecule has 0 bridgehead atoms. The molecule has 1 aliphatic carbocycles. The normalized spacial score (nSPS) is 16.2. The highest BCUT2D eigenvalue weighted by molar-refractivity contribution is 5.80. The molecule has 2 heterocycles. The third kappa shape index (κ3) is 3.83. The second-order valence-electron chi connectivity index (χ2n) is 7.56. The van der Waals surface area contributed by atoms with Crippen LogP contribution in [0.25, 0.3) is 10.8 Å². The molecule has 0 saturated heterocycles. The van der Waals surface area contributed by atoms with Crippen molar-refractivity contribution in [1.29, 1.82) is 0 Å². The predicted octanol–water partition coefficient (Wildman–Crippen LogP) is 3.08. The van der Waals surface area contributed by atoms with Gasteiger partial charge in [-0.25, -0.2) is 9.67 Å². The first-order valence-corrected chi connectivity index (χ1v) is 9.93. The molecule has 0 aliphatic heterocycles. The molecule has 146 valence electrons. The van der Waals surface area contributed by atoms with E-state index in [-0.39, 0.29) is 11.1 Å². The topological polar surface area (TPSA) is 92.7 Å². The highest BCUT2D eigenvalue weighted by atomic mass is 16.1. The van der Waals surface area contributed by atoms with E-state index >= 15 is 0 Å². The SMILES string of the molecule is CC(c1cc(=O)[nH]c(NCC2CCCCC2)n1)n1ncc2ccccc2c1=O. The highest BCUT2D eigenvalue weighted by Gasteiger charge is 2.17. The zero-order valence-corrected chi connectivity index (χ0v) is 16.0. The Morgan fingerprint density at radius 1 is 1.21 bits per heavy atom. The molecule has 2 aromatic heterocycles. The Bertz CT molecular complexity index is 1080. The second-order valence-corrected chi connectivity index (χ2v) is 7.56. The second kappa shape index (κ2) is 7.96. The van der Waals surface area contributed by atoms with E-state index < -0.39 is 6.04 Å². The van der Waals surface area contributed by atoms with E-state index in [1.165, 1.54) is 42.9 Å². The third-order valence-corrected chi connectivity index (χ3v) is 5.56. The van der Waals surface area contributed by atoms with Crippen LogP contribution in [0.1, 0.15) is 50.8 Å². The number of hydrogen-bond donors (Lipinski definition) is 2. The van der Waals surface area contributed by atoms with E-state index in [9.17, 15) is 9.59 Å². The summed E-state index contributed by atoms with van der Waals surface area (Å²) < 4.78 is 1.38. The number of benzene rings is 1. The Hall–Kier alpha value is -2.96. The average Bonchev–Trinajstić information content (AvgIpc) is 2.73. The largest absolute Gasteiger partial charge is 0.355 e. The zero-order chi connectivity index (χ0) is 19.5. The minimum Gasteiger partial charge on any atom is -0.355 e. The summed E-state index contributed by atoms with van der Waals surface area (Å²) >= 11 is 0. The zero-order valence-electron chi connectivity index (χ0n) is 16.0. The summed E-state index contributed by atoms with van der Waals surface area (Å²) in [7, 11) is 0. The first kappa shape index (κ1) is 18.4. The van der Waals surface area contributed by atoms with Crippen LogP contribution in [0.2, 0.25) is 0 Å². The molecule has 1 fully saturated rings. The molecule has 4 rings (SSSR count). The van der Waals surface area contributed by atoms with Gasteiger partial charge in [0.2, 0.25) is 5.95 Å². The van der Waals surface area contributed by atoms with Crippen LogP contribution >= 0.6 is 0 Å². The van der Waals surface area contributed by atoms with Crippen molar-refractivity contribution < 1.29 is 0 Å². The number of hydrogen-bond acceptors (Lipinski definition) is 5. The van der Waals surface area contributed by atoms with Crippen molar-refractivity contribution in [2.75, 3.05) is 11.9 Å². The van der Waals surface area contributed by atoms with E-state index in [1.807, 2.05) is 25.1 Å². The van der Waals surface area contributed by atoms with Gasteiger partial charge in [-0.05, 0) is 31.7 Å². The van der Waals surface area contributed by atoms with E-state index in [1.54, 1.807) is 12.3 Å². The van der Waals surface area contributed by atoms with Crippen LogP contribution in [-0.2, 0) is 0 Å². The van der Waals surface area contributed by atoms with E-state index in [4.69, 9.17) is 0 Å². The molecule has 0 spiro atoms. The molecule has 1 atom stereocenters. The van der Waals surface area contributed by atoms with E-state index in [0.717, 1.165) is 11.9 Å². The minimum absolute atomic E-state index is 0.190. The van der Waals surface area contributed by atoms with Crippen LogP contribution in [0, 0.1) is 5.92 Å². The third-order valence-electron chi connectivity index (χ3n) is 5.56. The van der Waals surface area contributed by atoms with E-state index in [2.05, 4.69) is 20.4 Å². The number of nitrogens with zero attached hydrogens (tertiary/aromatic N) is 3. The van der Waals surface area contributed by atoms with Crippen molar-refractivity contribution in [1.82, 2.24) is 19.7 Å². The molecule has 7 nitrogen and oxygen atoms in total. The molecule has 1 unspecified atom stereocenters. The Labute approximate surface area is 162 Å². The summed E-state index contributed by atoms with van der Waals surface area (Å²) in [4.78, 5) is 32.3. The van der Waals surface area contributed by atoms with Crippen molar-refractivity contribution in [3.8, 4) is 0 Å². The van der Waals surface area contributed by atoms with Gasteiger partial charge in [-0.3, -0.25) is 14.6 Å². The lowest BCUT2D eigenvalue weighted by molar-refractivity contribution is 0.373. The fourth-order valence-electron chi connectivity index (χ4n) is 3.91.